The third-order valence-electron chi connectivity index (χ3n) is 2.47. The molecule has 1 amide bonds. The number of amides is 1. The Morgan fingerprint density at radius 3 is 2.47 bits per heavy atom. The lowest BCUT2D eigenvalue weighted by Gasteiger charge is -2.15. The molecule has 0 aromatic heterocycles. The van der Waals surface area contributed by atoms with Crippen molar-refractivity contribution in [3.8, 4) is 0 Å². The van der Waals surface area contributed by atoms with Crippen molar-refractivity contribution in [2.45, 2.75) is 32.5 Å². The summed E-state index contributed by atoms with van der Waals surface area (Å²) >= 11 is 0. The van der Waals surface area contributed by atoms with Crippen LogP contribution in [0.25, 0.3) is 0 Å². The van der Waals surface area contributed by atoms with E-state index in [1.165, 1.54) is 18.2 Å². The van der Waals surface area contributed by atoms with E-state index in [4.69, 9.17) is 0 Å². The zero-order chi connectivity index (χ0) is 13.1. The molecule has 1 atom stereocenters. The highest BCUT2D eigenvalue weighted by atomic mass is 19.4. The minimum atomic E-state index is -4.51. The van der Waals surface area contributed by atoms with Gasteiger partial charge in [0.05, 0.1) is 11.1 Å². The Morgan fingerprint density at radius 2 is 1.94 bits per heavy atom. The number of benzene rings is 1. The molecule has 1 N–H and O–H groups in total. The maximum Gasteiger partial charge on any atom is 0.417 e. The van der Waals surface area contributed by atoms with Gasteiger partial charge in [0.15, 0.2) is 0 Å². The molecule has 1 aromatic carbocycles. The van der Waals surface area contributed by atoms with Gasteiger partial charge in [0.1, 0.15) is 0 Å². The largest absolute Gasteiger partial charge is 0.417 e. The molecule has 0 radical (unpaired) electrons. The predicted molar refractivity (Wildman–Crippen MR) is 58.7 cm³/mol. The van der Waals surface area contributed by atoms with E-state index < -0.39 is 17.6 Å². The van der Waals surface area contributed by atoms with Crippen LogP contribution in [-0.2, 0) is 6.18 Å². The number of rotatable bonds is 3. The summed E-state index contributed by atoms with van der Waals surface area (Å²) < 4.78 is 37.9. The van der Waals surface area contributed by atoms with Crippen LogP contribution >= 0.6 is 0 Å². The van der Waals surface area contributed by atoms with E-state index >= 15 is 0 Å². The topological polar surface area (TPSA) is 29.1 Å². The van der Waals surface area contributed by atoms with Crippen molar-refractivity contribution >= 4 is 5.91 Å². The predicted octanol–water partition coefficient (Wildman–Crippen LogP) is 3.23. The third-order valence-corrected chi connectivity index (χ3v) is 2.47. The molecule has 0 bridgehead atoms. The van der Waals surface area contributed by atoms with Gasteiger partial charge >= 0.3 is 6.18 Å². The average molecular weight is 245 g/mol. The minimum absolute atomic E-state index is 0.149. The van der Waals surface area contributed by atoms with E-state index in [2.05, 4.69) is 5.32 Å². The molecule has 1 aromatic rings. The summed E-state index contributed by atoms with van der Waals surface area (Å²) in [4.78, 5) is 11.7. The van der Waals surface area contributed by atoms with Crippen molar-refractivity contribution in [3.05, 3.63) is 35.4 Å². The number of halogens is 3. The fourth-order valence-corrected chi connectivity index (χ4v) is 1.33. The van der Waals surface area contributed by atoms with Crippen molar-refractivity contribution in [1.82, 2.24) is 5.32 Å². The first kappa shape index (κ1) is 13.5. The molecule has 0 spiro atoms. The standard InChI is InChI=1S/C12H14F3NO/c1-3-8(2)16-11(17)9-6-4-5-7-10(9)12(13,14)15/h4-8H,3H2,1-2H3,(H,16,17). The summed E-state index contributed by atoms with van der Waals surface area (Å²) in [6, 6.07) is 4.62. The molecule has 0 aliphatic heterocycles. The Bertz CT molecular complexity index is 401. The second kappa shape index (κ2) is 5.21. The zero-order valence-electron chi connectivity index (χ0n) is 9.64. The highest BCUT2D eigenvalue weighted by Crippen LogP contribution is 2.31. The SMILES string of the molecule is CCC(C)NC(=O)c1ccccc1C(F)(F)F. The fraction of sp³-hybridized carbons (Fsp3) is 0.417. The van der Waals surface area contributed by atoms with Crippen LogP contribution in [-0.4, -0.2) is 11.9 Å². The van der Waals surface area contributed by atoms with Crippen molar-refractivity contribution in [1.29, 1.82) is 0 Å². The van der Waals surface area contributed by atoms with Crippen molar-refractivity contribution in [2.24, 2.45) is 0 Å². The van der Waals surface area contributed by atoms with Crippen LogP contribution in [0.1, 0.15) is 36.2 Å². The molecule has 0 aliphatic rings. The normalized spacial score (nSPS) is 13.2. The first-order chi connectivity index (χ1) is 7.86. The molecule has 17 heavy (non-hydrogen) atoms. The first-order valence-electron chi connectivity index (χ1n) is 5.33. The van der Waals surface area contributed by atoms with Gasteiger partial charge in [0, 0.05) is 6.04 Å². The van der Waals surface area contributed by atoms with E-state index in [9.17, 15) is 18.0 Å². The molecule has 1 unspecified atom stereocenters. The van der Waals surface area contributed by atoms with E-state index in [-0.39, 0.29) is 11.6 Å². The summed E-state index contributed by atoms with van der Waals surface area (Å²) in [5.74, 6) is -0.688. The second-order valence-corrected chi connectivity index (χ2v) is 3.83. The maximum atomic E-state index is 12.6. The van der Waals surface area contributed by atoms with E-state index in [0.717, 1.165) is 6.07 Å². The van der Waals surface area contributed by atoms with Gasteiger partial charge in [-0.25, -0.2) is 0 Å². The second-order valence-electron chi connectivity index (χ2n) is 3.83. The molecule has 0 heterocycles. The van der Waals surface area contributed by atoms with Gasteiger partial charge in [0.2, 0.25) is 0 Å². The highest BCUT2D eigenvalue weighted by molar-refractivity contribution is 5.96. The van der Waals surface area contributed by atoms with Gasteiger partial charge in [0.25, 0.3) is 5.91 Å². The fourth-order valence-electron chi connectivity index (χ4n) is 1.33. The van der Waals surface area contributed by atoms with Gasteiger partial charge in [-0.1, -0.05) is 19.1 Å². The maximum absolute atomic E-state index is 12.6. The monoisotopic (exact) mass is 245 g/mol. The lowest BCUT2D eigenvalue weighted by atomic mass is 10.1. The lowest BCUT2D eigenvalue weighted by Crippen LogP contribution is -2.33. The van der Waals surface area contributed by atoms with Gasteiger partial charge in [-0.3, -0.25) is 4.79 Å². The van der Waals surface area contributed by atoms with Gasteiger partial charge in [-0.05, 0) is 25.5 Å². The number of hydrogen-bond donors (Lipinski definition) is 1. The number of alkyl halides is 3. The van der Waals surface area contributed by atoms with Gasteiger partial charge in [-0.15, -0.1) is 0 Å². The molecule has 0 saturated carbocycles. The Balaban J connectivity index is 3.02. The molecule has 0 fully saturated rings. The van der Waals surface area contributed by atoms with Crippen molar-refractivity contribution in [3.63, 3.8) is 0 Å². The van der Waals surface area contributed by atoms with Crippen LogP contribution < -0.4 is 5.32 Å². The van der Waals surface area contributed by atoms with E-state index in [1.807, 2.05) is 6.92 Å². The summed E-state index contributed by atoms with van der Waals surface area (Å²) in [6.45, 7) is 3.59. The van der Waals surface area contributed by atoms with Crippen LogP contribution in [0.5, 0.6) is 0 Å². The molecule has 0 aliphatic carbocycles. The quantitative estimate of drug-likeness (QED) is 0.870. The van der Waals surface area contributed by atoms with Gasteiger partial charge < -0.3 is 5.32 Å². The zero-order valence-corrected chi connectivity index (χ0v) is 9.64. The van der Waals surface area contributed by atoms with E-state index in [0.29, 0.717) is 6.42 Å². The Kier molecular flexibility index (Phi) is 4.15. The Morgan fingerprint density at radius 1 is 1.35 bits per heavy atom. The number of nitrogens with one attached hydrogen (secondary N) is 1. The minimum Gasteiger partial charge on any atom is -0.350 e. The number of hydrogen-bond acceptors (Lipinski definition) is 1. The van der Waals surface area contributed by atoms with Crippen LogP contribution in [0.3, 0.4) is 0 Å². The lowest BCUT2D eigenvalue weighted by molar-refractivity contribution is -0.137. The molecular weight excluding hydrogens is 231 g/mol. The van der Waals surface area contributed by atoms with Crippen molar-refractivity contribution in [2.75, 3.05) is 0 Å². The molecule has 1 rings (SSSR count). The third kappa shape index (κ3) is 3.47. The Labute approximate surface area is 97.8 Å². The number of carbonyl (C=O) groups excluding carboxylic acids is 1. The molecule has 0 saturated heterocycles. The summed E-state index contributed by atoms with van der Waals surface area (Å²) in [7, 11) is 0. The van der Waals surface area contributed by atoms with Crippen LogP contribution in [0, 0.1) is 0 Å². The summed E-state index contributed by atoms with van der Waals surface area (Å²) in [5, 5.41) is 2.52. The number of carbonyl (C=O) groups is 1. The molecule has 94 valence electrons. The summed E-state index contributed by atoms with van der Waals surface area (Å²) in [6.07, 6.45) is -3.84. The van der Waals surface area contributed by atoms with Crippen molar-refractivity contribution < 1.29 is 18.0 Å². The first-order valence-corrected chi connectivity index (χ1v) is 5.33. The molecule has 2 nitrogen and oxygen atoms in total. The van der Waals surface area contributed by atoms with Gasteiger partial charge in [-0.2, -0.15) is 13.2 Å². The molecular formula is C12H14F3NO. The van der Waals surface area contributed by atoms with Crippen LogP contribution in [0.15, 0.2) is 24.3 Å². The van der Waals surface area contributed by atoms with Crippen LogP contribution in [0.2, 0.25) is 0 Å². The smallest absolute Gasteiger partial charge is 0.350 e. The highest BCUT2D eigenvalue weighted by Gasteiger charge is 2.34. The molecule has 5 heteroatoms. The summed E-state index contributed by atoms with van der Waals surface area (Å²) in [5.41, 5.74) is -1.24. The average Bonchev–Trinajstić information content (AvgIpc) is 2.27. The Hall–Kier alpha value is -1.52. The van der Waals surface area contributed by atoms with E-state index in [1.54, 1.807) is 6.92 Å². The van der Waals surface area contributed by atoms with Crippen LogP contribution in [0.4, 0.5) is 13.2 Å².